The van der Waals surface area contributed by atoms with Gasteiger partial charge in [-0.25, -0.2) is 0 Å². The Balaban J connectivity index is 2.13. The van der Waals surface area contributed by atoms with Crippen LogP contribution < -0.4 is 5.32 Å². The van der Waals surface area contributed by atoms with Crippen molar-refractivity contribution in [2.75, 3.05) is 13.6 Å². The lowest BCUT2D eigenvalue weighted by molar-refractivity contribution is 0.623. The van der Waals surface area contributed by atoms with Crippen LogP contribution in [0.3, 0.4) is 0 Å². The molecule has 0 bridgehead atoms. The summed E-state index contributed by atoms with van der Waals surface area (Å²) in [6.07, 6.45) is 5.17. The van der Waals surface area contributed by atoms with Crippen molar-refractivity contribution >= 4 is 0 Å². The van der Waals surface area contributed by atoms with Crippen molar-refractivity contribution in [1.82, 2.24) is 15.1 Å². The fraction of sp³-hybridized carbons (Fsp3) is 0.438. The SMILES string of the molecule is CCn1cc(CC(CNC)c2ccc(C)cc2)cn1. The van der Waals surface area contributed by atoms with E-state index in [1.807, 2.05) is 17.9 Å². The van der Waals surface area contributed by atoms with Gasteiger partial charge in [-0.05, 0) is 38.4 Å². The van der Waals surface area contributed by atoms with Crippen LogP contribution in [0.2, 0.25) is 0 Å². The molecule has 1 heterocycles. The fourth-order valence-electron chi connectivity index (χ4n) is 2.36. The van der Waals surface area contributed by atoms with Crippen LogP contribution in [0.1, 0.15) is 29.5 Å². The summed E-state index contributed by atoms with van der Waals surface area (Å²) in [6, 6.07) is 8.85. The summed E-state index contributed by atoms with van der Waals surface area (Å²) in [6.45, 7) is 6.16. The molecule has 2 rings (SSSR count). The van der Waals surface area contributed by atoms with Gasteiger partial charge in [0.2, 0.25) is 0 Å². The van der Waals surface area contributed by atoms with E-state index in [4.69, 9.17) is 0 Å². The minimum atomic E-state index is 0.500. The molecular formula is C16H23N3. The molecule has 3 heteroatoms. The van der Waals surface area contributed by atoms with Crippen LogP contribution in [0.25, 0.3) is 0 Å². The number of aromatic nitrogens is 2. The van der Waals surface area contributed by atoms with Crippen molar-refractivity contribution in [2.45, 2.75) is 32.7 Å². The molecule has 1 unspecified atom stereocenters. The number of nitrogens with one attached hydrogen (secondary N) is 1. The third-order valence-electron chi connectivity index (χ3n) is 3.49. The first-order valence-corrected chi connectivity index (χ1v) is 6.95. The van der Waals surface area contributed by atoms with Crippen LogP contribution in [0.5, 0.6) is 0 Å². The maximum Gasteiger partial charge on any atom is 0.0521 e. The van der Waals surface area contributed by atoms with Crippen LogP contribution in [0.4, 0.5) is 0 Å². The van der Waals surface area contributed by atoms with Gasteiger partial charge in [-0.1, -0.05) is 29.8 Å². The zero-order chi connectivity index (χ0) is 13.7. The molecule has 19 heavy (non-hydrogen) atoms. The quantitative estimate of drug-likeness (QED) is 0.862. The normalized spacial score (nSPS) is 12.6. The summed E-state index contributed by atoms with van der Waals surface area (Å²) in [5.74, 6) is 0.500. The lowest BCUT2D eigenvalue weighted by Gasteiger charge is -2.16. The molecule has 0 aliphatic rings. The fourth-order valence-corrected chi connectivity index (χ4v) is 2.36. The van der Waals surface area contributed by atoms with E-state index >= 15 is 0 Å². The summed E-state index contributed by atoms with van der Waals surface area (Å²) >= 11 is 0. The molecule has 0 aliphatic carbocycles. The second-order valence-corrected chi connectivity index (χ2v) is 5.07. The largest absolute Gasteiger partial charge is 0.319 e. The summed E-state index contributed by atoms with van der Waals surface area (Å²) in [7, 11) is 2.01. The van der Waals surface area contributed by atoms with Crippen LogP contribution >= 0.6 is 0 Å². The van der Waals surface area contributed by atoms with E-state index in [0.29, 0.717) is 5.92 Å². The molecule has 1 aromatic heterocycles. The molecule has 0 amide bonds. The van der Waals surface area contributed by atoms with Crippen molar-refractivity contribution in [3.8, 4) is 0 Å². The second-order valence-electron chi connectivity index (χ2n) is 5.07. The van der Waals surface area contributed by atoms with Gasteiger partial charge in [0.1, 0.15) is 0 Å². The van der Waals surface area contributed by atoms with Gasteiger partial charge in [-0.15, -0.1) is 0 Å². The van der Waals surface area contributed by atoms with Gasteiger partial charge in [-0.3, -0.25) is 4.68 Å². The van der Waals surface area contributed by atoms with E-state index in [-0.39, 0.29) is 0 Å². The highest BCUT2D eigenvalue weighted by Gasteiger charge is 2.12. The molecule has 0 spiro atoms. The summed E-state index contributed by atoms with van der Waals surface area (Å²) in [5.41, 5.74) is 4.01. The van der Waals surface area contributed by atoms with E-state index in [2.05, 4.69) is 54.7 Å². The standard InChI is InChI=1S/C16H23N3/c1-4-19-12-14(10-18-19)9-16(11-17-3)15-7-5-13(2)6-8-15/h5-8,10,12,16-17H,4,9,11H2,1-3H3. The Morgan fingerprint density at radius 3 is 2.58 bits per heavy atom. The molecule has 0 saturated heterocycles. The molecule has 1 atom stereocenters. The van der Waals surface area contributed by atoms with Gasteiger partial charge < -0.3 is 5.32 Å². The molecule has 0 fully saturated rings. The zero-order valence-corrected chi connectivity index (χ0v) is 12.1. The topological polar surface area (TPSA) is 29.9 Å². The second kappa shape index (κ2) is 6.53. The molecule has 102 valence electrons. The van der Waals surface area contributed by atoms with Crippen molar-refractivity contribution in [2.24, 2.45) is 0 Å². The Morgan fingerprint density at radius 2 is 2.00 bits per heavy atom. The third kappa shape index (κ3) is 3.67. The van der Waals surface area contributed by atoms with E-state index in [1.54, 1.807) is 0 Å². The third-order valence-corrected chi connectivity index (χ3v) is 3.49. The first-order valence-electron chi connectivity index (χ1n) is 6.95. The van der Waals surface area contributed by atoms with Crippen molar-refractivity contribution < 1.29 is 0 Å². The highest BCUT2D eigenvalue weighted by molar-refractivity contribution is 5.26. The highest BCUT2D eigenvalue weighted by Crippen LogP contribution is 2.20. The van der Waals surface area contributed by atoms with Gasteiger partial charge in [-0.2, -0.15) is 5.10 Å². The number of nitrogens with zero attached hydrogens (tertiary/aromatic N) is 2. The van der Waals surface area contributed by atoms with Crippen molar-refractivity contribution in [3.63, 3.8) is 0 Å². The van der Waals surface area contributed by atoms with E-state index in [9.17, 15) is 0 Å². The first kappa shape index (κ1) is 13.8. The zero-order valence-electron chi connectivity index (χ0n) is 12.1. The van der Waals surface area contributed by atoms with Crippen LogP contribution in [0.15, 0.2) is 36.7 Å². The van der Waals surface area contributed by atoms with Gasteiger partial charge in [0.15, 0.2) is 0 Å². The number of benzene rings is 1. The molecule has 1 aromatic carbocycles. The number of likely N-dealkylation sites (N-methyl/N-ethyl adjacent to an activating group) is 1. The monoisotopic (exact) mass is 257 g/mol. The number of rotatable bonds is 6. The van der Waals surface area contributed by atoms with Gasteiger partial charge >= 0.3 is 0 Å². The predicted octanol–water partition coefficient (Wildman–Crippen LogP) is 2.76. The molecule has 1 N–H and O–H groups in total. The Hall–Kier alpha value is -1.61. The Labute approximate surface area is 115 Å². The number of hydrogen-bond donors (Lipinski definition) is 1. The highest BCUT2D eigenvalue weighted by atomic mass is 15.3. The lowest BCUT2D eigenvalue weighted by Crippen LogP contribution is -2.19. The molecule has 3 nitrogen and oxygen atoms in total. The van der Waals surface area contributed by atoms with Crippen LogP contribution in [-0.2, 0) is 13.0 Å². The Kier molecular flexibility index (Phi) is 4.74. The van der Waals surface area contributed by atoms with Crippen molar-refractivity contribution in [1.29, 1.82) is 0 Å². The van der Waals surface area contributed by atoms with E-state index < -0.39 is 0 Å². The van der Waals surface area contributed by atoms with Crippen molar-refractivity contribution in [3.05, 3.63) is 53.3 Å². The van der Waals surface area contributed by atoms with Gasteiger partial charge in [0.25, 0.3) is 0 Å². The Morgan fingerprint density at radius 1 is 1.26 bits per heavy atom. The maximum atomic E-state index is 4.35. The predicted molar refractivity (Wildman–Crippen MR) is 79.5 cm³/mol. The molecule has 0 aliphatic heterocycles. The van der Waals surface area contributed by atoms with Crippen LogP contribution in [0, 0.1) is 6.92 Å². The van der Waals surface area contributed by atoms with Crippen LogP contribution in [-0.4, -0.2) is 23.4 Å². The average molecular weight is 257 g/mol. The van der Waals surface area contributed by atoms with Gasteiger partial charge in [0, 0.05) is 25.2 Å². The minimum Gasteiger partial charge on any atom is -0.319 e. The lowest BCUT2D eigenvalue weighted by atomic mass is 9.92. The molecule has 0 saturated carbocycles. The molecule has 2 aromatic rings. The maximum absolute atomic E-state index is 4.35. The molecule has 0 radical (unpaired) electrons. The van der Waals surface area contributed by atoms with E-state index in [0.717, 1.165) is 19.5 Å². The number of aryl methyl sites for hydroxylation is 2. The smallest absolute Gasteiger partial charge is 0.0521 e. The summed E-state index contributed by atoms with van der Waals surface area (Å²) in [4.78, 5) is 0. The minimum absolute atomic E-state index is 0.500. The average Bonchev–Trinajstić information content (AvgIpc) is 2.87. The first-order chi connectivity index (χ1) is 9.22. The summed E-state index contributed by atoms with van der Waals surface area (Å²) < 4.78 is 1.99. The van der Waals surface area contributed by atoms with E-state index in [1.165, 1.54) is 16.7 Å². The number of hydrogen-bond acceptors (Lipinski definition) is 2. The van der Waals surface area contributed by atoms with Gasteiger partial charge in [0.05, 0.1) is 6.20 Å². The Bertz CT molecular complexity index is 499. The molecular weight excluding hydrogens is 234 g/mol. The summed E-state index contributed by atoms with van der Waals surface area (Å²) in [5, 5.41) is 7.65.